The predicted molar refractivity (Wildman–Crippen MR) is 107 cm³/mol. The van der Waals surface area contributed by atoms with Crippen LogP contribution in [0.3, 0.4) is 0 Å². The van der Waals surface area contributed by atoms with Gasteiger partial charge in [0.05, 0.1) is 0 Å². The summed E-state index contributed by atoms with van der Waals surface area (Å²) in [5.41, 5.74) is 0.520. The first kappa shape index (κ1) is 20.4. The molecule has 3 rings (SSSR count). The van der Waals surface area contributed by atoms with E-state index in [0.717, 1.165) is 37.9 Å². The molecule has 3 atom stereocenters. The summed E-state index contributed by atoms with van der Waals surface area (Å²) >= 11 is 0. The van der Waals surface area contributed by atoms with Crippen LogP contribution in [0, 0.1) is 17.8 Å². The lowest BCUT2D eigenvalue weighted by atomic mass is 9.76. The fourth-order valence-corrected chi connectivity index (χ4v) is 4.17. The number of nitrogens with zero attached hydrogens (tertiary/aromatic N) is 2. The van der Waals surface area contributed by atoms with Crippen molar-refractivity contribution in [1.29, 1.82) is 0 Å². The molecule has 1 aliphatic heterocycles. The number of ether oxygens (including phenoxy) is 1. The quantitative estimate of drug-likeness (QED) is 0.830. The van der Waals surface area contributed by atoms with Crippen LogP contribution in [0.4, 0.5) is 9.59 Å². The monoisotopic (exact) mass is 388 g/mol. The fraction of sp³-hybridized carbons (Fsp3) is 0.667. The standard InChI is InChI=1S/C21H32N4O3/c1-21(2,3)28-20(27)25-13-17-7-6-15(9-18(17)14-25)11-23-19(26)24-12-16-5-4-8-22-10-16/h4-5,8,10,15,17-18H,6-7,9,11-14H2,1-3H3,(H2,23,24,26). The van der Waals surface area contributed by atoms with Crippen molar-refractivity contribution >= 4 is 12.1 Å². The minimum absolute atomic E-state index is 0.146. The molecule has 3 unspecified atom stereocenters. The third-order valence-electron chi connectivity index (χ3n) is 5.54. The van der Waals surface area contributed by atoms with Crippen LogP contribution < -0.4 is 10.6 Å². The highest BCUT2D eigenvalue weighted by atomic mass is 16.6. The van der Waals surface area contributed by atoms with Gasteiger partial charge in [0.1, 0.15) is 5.60 Å². The average Bonchev–Trinajstić information content (AvgIpc) is 3.08. The zero-order valence-electron chi connectivity index (χ0n) is 17.1. The van der Waals surface area contributed by atoms with Crippen molar-refractivity contribution in [2.24, 2.45) is 17.8 Å². The summed E-state index contributed by atoms with van der Waals surface area (Å²) in [6.07, 6.45) is 6.50. The summed E-state index contributed by atoms with van der Waals surface area (Å²) in [4.78, 5) is 30.3. The molecule has 1 saturated heterocycles. The number of pyridine rings is 1. The number of carbonyl (C=O) groups excluding carboxylic acids is 2. The van der Waals surface area contributed by atoms with Crippen LogP contribution in [0.1, 0.15) is 45.6 Å². The van der Waals surface area contributed by atoms with Gasteiger partial charge in [-0.25, -0.2) is 9.59 Å². The number of hydrogen-bond donors (Lipinski definition) is 2. The van der Waals surface area contributed by atoms with Crippen LogP contribution in [-0.4, -0.2) is 47.2 Å². The van der Waals surface area contributed by atoms with E-state index in [1.807, 2.05) is 37.8 Å². The number of nitrogens with one attached hydrogen (secondary N) is 2. The Bertz CT molecular complexity index is 674. The normalized spacial score (nSPS) is 24.4. The zero-order chi connectivity index (χ0) is 20.1. The Morgan fingerprint density at radius 1 is 1.21 bits per heavy atom. The van der Waals surface area contributed by atoms with E-state index in [1.54, 1.807) is 12.4 Å². The first-order valence-electron chi connectivity index (χ1n) is 10.2. The summed E-state index contributed by atoms with van der Waals surface area (Å²) in [5.74, 6) is 1.53. The molecule has 2 aliphatic rings. The lowest BCUT2D eigenvalue weighted by Crippen LogP contribution is -2.39. The molecule has 7 heteroatoms. The fourth-order valence-electron chi connectivity index (χ4n) is 4.17. The Morgan fingerprint density at radius 3 is 2.71 bits per heavy atom. The molecule has 0 spiro atoms. The van der Waals surface area contributed by atoms with E-state index in [2.05, 4.69) is 15.6 Å². The molecule has 1 saturated carbocycles. The molecule has 1 aliphatic carbocycles. The van der Waals surface area contributed by atoms with Gasteiger partial charge in [0.25, 0.3) is 0 Å². The Balaban J connectivity index is 1.39. The lowest BCUT2D eigenvalue weighted by Gasteiger charge is -2.30. The summed E-state index contributed by atoms with van der Waals surface area (Å²) in [6.45, 7) is 8.41. The van der Waals surface area contributed by atoms with Gasteiger partial charge in [0.2, 0.25) is 0 Å². The second-order valence-electron chi connectivity index (χ2n) is 9.01. The van der Waals surface area contributed by atoms with Crippen LogP contribution in [0.2, 0.25) is 0 Å². The van der Waals surface area contributed by atoms with Crippen LogP contribution in [-0.2, 0) is 11.3 Å². The number of rotatable bonds is 4. The first-order chi connectivity index (χ1) is 13.3. The van der Waals surface area contributed by atoms with Crippen LogP contribution in [0.15, 0.2) is 24.5 Å². The van der Waals surface area contributed by atoms with E-state index in [1.165, 1.54) is 0 Å². The van der Waals surface area contributed by atoms with Gasteiger partial charge in [-0.3, -0.25) is 4.98 Å². The number of carbonyl (C=O) groups is 2. The van der Waals surface area contributed by atoms with Crippen molar-refractivity contribution in [2.45, 2.75) is 52.2 Å². The molecule has 0 bridgehead atoms. The van der Waals surface area contributed by atoms with Gasteiger partial charge in [-0.1, -0.05) is 6.07 Å². The van der Waals surface area contributed by atoms with E-state index < -0.39 is 5.60 Å². The number of hydrogen-bond acceptors (Lipinski definition) is 4. The Labute approximate surface area is 167 Å². The maximum atomic E-state index is 12.3. The maximum absolute atomic E-state index is 12.3. The van der Waals surface area contributed by atoms with Crippen molar-refractivity contribution < 1.29 is 14.3 Å². The van der Waals surface area contributed by atoms with Gasteiger partial charge in [0.15, 0.2) is 0 Å². The highest BCUT2D eigenvalue weighted by Gasteiger charge is 2.40. The van der Waals surface area contributed by atoms with Gasteiger partial charge < -0.3 is 20.3 Å². The van der Waals surface area contributed by atoms with Gasteiger partial charge in [-0.2, -0.15) is 0 Å². The number of urea groups is 1. The van der Waals surface area contributed by atoms with E-state index in [0.29, 0.717) is 30.8 Å². The predicted octanol–water partition coefficient (Wildman–Crippen LogP) is 3.16. The summed E-state index contributed by atoms with van der Waals surface area (Å²) in [7, 11) is 0. The van der Waals surface area contributed by atoms with Crippen molar-refractivity contribution in [2.75, 3.05) is 19.6 Å². The highest BCUT2D eigenvalue weighted by Crippen LogP contribution is 2.39. The Hall–Kier alpha value is -2.31. The third-order valence-corrected chi connectivity index (χ3v) is 5.54. The molecule has 2 fully saturated rings. The van der Waals surface area contributed by atoms with Crippen LogP contribution in [0.5, 0.6) is 0 Å². The molecule has 7 nitrogen and oxygen atoms in total. The average molecular weight is 389 g/mol. The molecule has 1 aromatic rings. The van der Waals surface area contributed by atoms with E-state index in [-0.39, 0.29) is 12.1 Å². The Kier molecular flexibility index (Phi) is 6.42. The molecule has 28 heavy (non-hydrogen) atoms. The smallest absolute Gasteiger partial charge is 0.410 e. The second-order valence-corrected chi connectivity index (χ2v) is 9.01. The topological polar surface area (TPSA) is 83.6 Å². The summed E-state index contributed by atoms with van der Waals surface area (Å²) in [5, 5.41) is 5.86. The first-order valence-corrected chi connectivity index (χ1v) is 10.2. The van der Waals surface area contributed by atoms with Crippen molar-refractivity contribution in [3.8, 4) is 0 Å². The lowest BCUT2D eigenvalue weighted by molar-refractivity contribution is 0.0284. The molecular formula is C21H32N4O3. The minimum atomic E-state index is -0.458. The van der Waals surface area contributed by atoms with Crippen molar-refractivity contribution in [3.63, 3.8) is 0 Å². The van der Waals surface area contributed by atoms with Crippen molar-refractivity contribution in [1.82, 2.24) is 20.5 Å². The maximum Gasteiger partial charge on any atom is 0.410 e. The molecular weight excluding hydrogens is 356 g/mol. The van der Waals surface area contributed by atoms with Gasteiger partial charge >= 0.3 is 12.1 Å². The molecule has 3 amide bonds. The number of aromatic nitrogens is 1. The number of fused-ring (bicyclic) bond motifs is 1. The molecule has 2 heterocycles. The zero-order valence-corrected chi connectivity index (χ0v) is 17.1. The van der Waals surface area contributed by atoms with Crippen LogP contribution >= 0.6 is 0 Å². The largest absolute Gasteiger partial charge is 0.444 e. The SMILES string of the molecule is CC(C)(C)OC(=O)N1CC2CCC(CNC(=O)NCc3cccnc3)CC2C1. The number of amides is 3. The van der Waals surface area contributed by atoms with Gasteiger partial charge in [0, 0.05) is 38.6 Å². The van der Waals surface area contributed by atoms with E-state index >= 15 is 0 Å². The Morgan fingerprint density at radius 2 is 2.00 bits per heavy atom. The van der Waals surface area contributed by atoms with E-state index in [9.17, 15) is 9.59 Å². The second kappa shape index (κ2) is 8.80. The molecule has 0 aromatic carbocycles. The summed E-state index contributed by atoms with van der Waals surface area (Å²) in [6, 6.07) is 3.65. The molecule has 2 N–H and O–H groups in total. The molecule has 0 radical (unpaired) electrons. The number of likely N-dealkylation sites (tertiary alicyclic amines) is 1. The summed E-state index contributed by atoms with van der Waals surface area (Å²) < 4.78 is 5.51. The van der Waals surface area contributed by atoms with E-state index in [4.69, 9.17) is 4.74 Å². The molecule has 1 aromatic heterocycles. The van der Waals surface area contributed by atoms with Gasteiger partial charge in [-0.15, -0.1) is 0 Å². The third kappa shape index (κ3) is 5.84. The molecule has 154 valence electrons. The highest BCUT2D eigenvalue weighted by molar-refractivity contribution is 5.73. The van der Waals surface area contributed by atoms with Gasteiger partial charge in [-0.05, 0) is 69.4 Å². The minimum Gasteiger partial charge on any atom is -0.444 e. The van der Waals surface area contributed by atoms with Crippen molar-refractivity contribution in [3.05, 3.63) is 30.1 Å². The van der Waals surface area contributed by atoms with Crippen LogP contribution in [0.25, 0.3) is 0 Å².